The van der Waals surface area contributed by atoms with Crippen molar-refractivity contribution >= 4 is 28.1 Å². The zero-order chi connectivity index (χ0) is 17.4. The number of carbonyl (C=O) groups is 3. The van der Waals surface area contributed by atoms with E-state index in [0.29, 0.717) is 11.5 Å². The van der Waals surface area contributed by atoms with Crippen LogP contribution in [0.3, 0.4) is 0 Å². The molecule has 12 heteroatoms. The summed E-state index contributed by atoms with van der Waals surface area (Å²) < 4.78 is 34.5. The van der Waals surface area contributed by atoms with E-state index in [1.807, 2.05) is 0 Å². The molecule has 130 valence electrons. The number of ketones is 1. The summed E-state index contributed by atoms with van der Waals surface area (Å²) in [5.74, 6) is -0.879. The SMILES string of the molecule is C[C@@H](N)C(=O)CNC(=O)[C@@H]1CC[C@@H]2CN1C(=O)N2OS(=O)(=O)O. The number of urea groups is 1. The molecule has 2 aliphatic rings. The van der Waals surface area contributed by atoms with Crippen LogP contribution < -0.4 is 11.1 Å². The maximum atomic E-state index is 12.1. The van der Waals surface area contributed by atoms with Crippen LogP contribution in [-0.4, -0.2) is 71.9 Å². The third-order valence-corrected chi connectivity index (χ3v) is 4.09. The van der Waals surface area contributed by atoms with Gasteiger partial charge in [0.05, 0.1) is 18.6 Å². The summed E-state index contributed by atoms with van der Waals surface area (Å²) in [5, 5.41) is 2.96. The first-order valence-corrected chi connectivity index (χ1v) is 8.29. The molecule has 3 amide bonds. The Bertz CT molecular complexity index is 620. The first-order chi connectivity index (χ1) is 10.6. The molecule has 0 aromatic rings. The molecular formula is C11H18N4O7S. The lowest BCUT2D eigenvalue weighted by Gasteiger charge is -2.29. The topological polar surface area (TPSA) is 159 Å². The highest BCUT2D eigenvalue weighted by Crippen LogP contribution is 2.30. The summed E-state index contributed by atoms with van der Waals surface area (Å²) in [7, 11) is -4.83. The molecule has 2 heterocycles. The van der Waals surface area contributed by atoms with Gasteiger partial charge in [-0.2, -0.15) is 13.5 Å². The Morgan fingerprint density at radius 1 is 1.48 bits per heavy atom. The molecule has 23 heavy (non-hydrogen) atoms. The number of carbonyl (C=O) groups excluding carboxylic acids is 3. The first kappa shape index (κ1) is 17.6. The number of nitrogens with two attached hydrogens (primary N) is 1. The minimum Gasteiger partial charge on any atom is -0.347 e. The third-order valence-electron chi connectivity index (χ3n) is 3.74. The average Bonchev–Trinajstić information content (AvgIpc) is 2.68. The summed E-state index contributed by atoms with van der Waals surface area (Å²) in [6, 6.07) is -2.95. The van der Waals surface area contributed by atoms with E-state index in [1.165, 1.54) is 6.92 Å². The van der Waals surface area contributed by atoms with E-state index in [-0.39, 0.29) is 25.3 Å². The molecular weight excluding hydrogens is 332 g/mol. The van der Waals surface area contributed by atoms with Crippen molar-refractivity contribution in [3.05, 3.63) is 0 Å². The van der Waals surface area contributed by atoms with Crippen LogP contribution in [0, 0.1) is 0 Å². The van der Waals surface area contributed by atoms with Gasteiger partial charge in [0, 0.05) is 6.54 Å². The number of piperidine rings is 1. The van der Waals surface area contributed by atoms with Crippen molar-refractivity contribution in [1.29, 1.82) is 0 Å². The highest BCUT2D eigenvalue weighted by molar-refractivity contribution is 7.80. The fraction of sp³-hybridized carbons (Fsp3) is 0.727. The van der Waals surface area contributed by atoms with Gasteiger partial charge in [0.25, 0.3) is 0 Å². The van der Waals surface area contributed by atoms with Crippen molar-refractivity contribution in [2.24, 2.45) is 5.73 Å². The van der Waals surface area contributed by atoms with E-state index >= 15 is 0 Å². The van der Waals surface area contributed by atoms with Crippen LogP contribution in [0.15, 0.2) is 0 Å². The Hall–Kier alpha value is -1.76. The number of hydrogen-bond acceptors (Lipinski definition) is 7. The van der Waals surface area contributed by atoms with Crippen LogP contribution in [0.1, 0.15) is 19.8 Å². The molecule has 0 aromatic heterocycles. The second-order valence-corrected chi connectivity index (χ2v) is 6.49. The van der Waals surface area contributed by atoms with Gasteiger partial charge in [-0.05, 0) is 19.8 Å². The maximum absolute atomic E-state index is 12.1. The second kappa shape index (κ2) is 6.39. The van der Waals surface area contributed by atoms with Crippen molar-refractivity contribution in [2.45, 2.75) is 37.9 Å². The quantitative estimate of drug-likeness (QED) is 0.465. The van der Waals surface area contributed by atoms with Gasteiger partial charge in [0.1, 0.15) is 6.04 Å². The van der Waals surface area contributed by atoms with Crippen molar-refractivity contribution in [3.8, 4) is 0 Å². The van der Waals surface area contributed by atoms with Crippen molar-refractivity contribution < 1.29 is 31.6 Å². The number of nitrogens with zero attached hydrogens (tertiary/aromatic N) is 2. The summed E-state index contributed by atoms with van der Waals surface area (Å²) in [5.41, 5.74) is 5.39. The predicted octanol–water partition coefficient (Wildman–Crippen LogP) is -1.98. The predicted molar refractivity (Wildman–Crippen MR) is 75.1 cm³/mol. The zero-order valence-electron chi connectivity index (χ0n) is 12.3. The van der Waals surface area contributed by atoms with Crippen LogP contribution in [-0.2, 0) is 24.3 Å². The van der Waals surface area contributed by atoms with Crippen LogP contribution >= 0.6 is 0 Å². The molecule has 0 aliphatic carbocycles. The van der Waals surface area contributed by atoms with Crippen molar-refractivity contribution in [2.75, 3.05) is 13.1 Å². The molecule has 11 nitrogen and oxygen atoms in total. The van der Waals surface area contributed by atoms with Gasteiger partial charge in [0.15, 0.2) is 5.78 Å². The molecule has 0 saturated carbocycles. The van der Waals surface area contributed by atoms with Gasteiger partial charge in [0.2, 0.25) is 5.91 Å². The molecule has 4 N–H and O–H groups in total. The van der Waals surface area contributed by atoms with Crippen LogP contribution in [0.5, 0.6) is 0 Å². The number of hydrogen-bond donors (Lipinski definition) is 3. The van der Waals surface area contributed by atoms with Crippen LogP contribution in [0.2, 0.25) is 0 Å². The van der Waals surface area contributed by atoms with E-state index in [9.17, 15) is 22.8 Å². The molecule has 2 bridgehead atoms. The fourth-order valence-corrected chi connectivity index (χ4v) is 2.95. The van der Waals surface area contributed by atoms with Crippen LogP contribution in [0.25, 0.3) is 0 Å². The van der Waals surface area contributed by atoms with Gasteiger partial charge in [-0.25, -0.2) is 4.79 Å². The summed E-state index contributed by atoms with van der Waals surface area (Å²) >= 11 is 0. The molecule has 2 saturated heterocycles. The highest BCUT2D eigenvalue weighted by atomic mass is 32.3. The molecule has 0 unspecified atom stereocenters. The summed E-state index contributed by atoms with van der Waals surface area (Å²) in [6.07, 6.45) is 0.594. The maximum Gasteiger partial charge on any atom is 0.418 e. The Morgan fingerprint density at radius 3 is 2.70 bits per heavy atom. The van der Waals surface area contributed by atoms with E-state index in [0.717, 1.165) is 4.90 Å². The lowest BCUT2D eigenvalue weighted by Crippen LogP contribution is -2.51. The smallest absolute Gasteiger partial charge is 0.347 e. The molecule has 0 spiro atoms. The Labute approximate surface area is 132 Å². The number of hydroxylamine groups is 2. The Kier molecular flexibility index (Phi) is 4.89. The van der Waals surface area contributed by atoms with Gasteiger partial charge >= 0.3 is 16.4 Å². The molecule has 0 radical (unpaired) electrons. The molecule has 0 aromatic carbocycles. The van der Waals surface area contributed by atoms with Gasteiger partial charge in [-0.3, -0.25) is 14.1 Å². The second-order valence-electron chi connectivity index (χ2n) is 5.48. The largest absolute Gasteiger partial charge is 0.418 e. The lowest BCUT2D eigenvalue weighted by molar-refractivity contribution is -0.128. The number of nitrogens with one attached hydrogen (secondary N) is 1. The first-order valence-electron chi connectivity index (χ1n) is 6.93. The average molecular weight is 350 g/mol. The highest BCUT2D eigenvalue weighted by Gasteiger charge is 2.49. The van der Waals surface area contributed by atoms with E-state index < -0.39 is 40.5 Å². The zero-order valence-corrected chi connectivity index (χ0v) is 13.2. The summed E-state index contributed by atoms with van der Waals surface area (Å²) in [6.45, 7) is 1.34. The lowest BCUT2D eigenvalue weighted by atomic mass is 10.0. The Balaban J connectivity index is 2.01. The number of rotatable bonds is 6. The van der Waals surface area contributed by atoms with Crippen molar-refractivity contribution in [3.63, 3.8) is 0 Å². The van der Waals surface area contributed by atoms with Gasteiger partial charge in [-0.15, -0.1) is 4.28 Å². The minimum atomic E-state index is -4.83. The molecule has 2 aliphatic heterocycles. The monoisotopic (exact) mass is 350 g/mol. The van der Waals surface area contributed by atoms with Crippen LogP contribution in [0.4, 0.5) is 4.79 Å². The standard InChI is InChI=1S/C11H18N4O7S/c1-6(12)9(16)4-13-10(17)8-3-2-7-5-14(8)11(18)15(7)22-23(19,20)21/h6-8H,2-5,12H2,1H3,(H,13,17)(H,19,20,21)/t6-,7-,8+/m1/s1. The fourth-order valence-electron chi connectivity index (χ4n) is 2.56. The van der Waals surface area contributed by atoms with E-state index in [1.54, 1.807) is 0 Å². The Morgan fingerprint density at radius 2 is 2.13 bits per heavy atom. The molecule has 2 fully saturated rings. The van der Waals surface area contributed by atoms with E-state index in [4.69, 9.17) is 10.3 Å². The number of Topliss-reactive ketones (excluding diaryl/α,β-unsaturated/α-hetero) is 1. The minimum absolute atomic E-state index is 0.0910. The summed E-state index contributed by atoms with van der Waals surface area (Å²) in [4.78, 5) is 36.8. The number of amides is 3. The van der Waals surface area contributed by atoms with Gasteiger partial charge < -0.3 is 16.0 Å². The number of fused-ring (bicyclic) bond motifs is 2. The van der Waals surface area contributed by atoms with Gasteiger partial charge in [-0.1, -0.05) is 0 Å². The van der Waals surface area contributed by atoms with E-state index in [2.05, 4.69) is 9.60 Å². The molecule has 2 rings (SSSR count). The molecule has 3 atom stereocenters. The normalized spacial score (nSPS) is 25.4. The third kappa shape index (κ3) is 3.96. The van der Waals surface area contributed by atoms with Crippen molar-refractivity contribution in [1.82, 2.24) is 15.3 Å².